The first-order valence-corrected chi connectivity index (χ1v) is 8.47. The zero-order valence-electron chi connectivity index (χ0n) is 14.0. The first-order valence-electron chi connectivity index (χ1n) is 8.47. The number of rotatable bonds is 3. The molecule has 1 aliphatic heterocycles. The Balaban J connectivity index is 1.59. The lowest BCUT2D eigenvalue weighted by molar-refractivity contribution is 0.0616. The lowest BCUT2D eigenvalue weighted by atomic mass is 9.93. The number of benzene rings is 1. The van der Waals surface area contributed by atoms with E-state index in [-0.39, 0.29) is 11.9 Å². The maximum atomic E-state index is 13.1. The van der Waals surface area contributed by atoms with E-state index in [1.165, 1.54) is 0 Å². The van der Waals surface area contributed by atoms with Gasteiger partial charge in [0.25, 0.3) is 5.91 Å². The molecule has 2 atom stereocenters. The van der Waals surface area contributed by atoms with E-state index in [0.29, 0.717) is 23.9 Å². The molecule has 3 heterocycles. The van der Waals surface area contributed by atoms with Gasteiger partial charge in [0.2, 0.25) is 0 Å². The molecule has 128 valence electrons. The van der Waals surface area contributed by atoms with Crippen molar-refractivity contribution < 1.29 is 4.79 Å². The molecule has 1 aliphatic rings. The standard InChI is InChI=1S/C18H20N6O/c1-13-7-9-23(11-15(13)24-10-8-19-12-24)18(25)17-16(20-22-21-17)14-5-3-2-4-6-14/h2-6,8,10,12-13,15H,7,9,11H2,1H3,(H,20,21,22)/t13-,15+/m0/s1. The van der Waals surface area contributed by atoms with E-state index in [1.807, 2.05) is 47.8 Å². The second-order valence-electron chi connectivity index (χ2n) is 6.48. The van der Waals surface area contributed by atoms with Crippen molar-refractivity contribution in [1.29, 1.82) is 0 Å². The molecule has 0 unspecified atom stereocenters. The molecular weight excluding hydrogens is 316 g/mol. The summed E-state index contributed by atoms with van der Waals surface area (Å²) in [5.74, 6) is 0.411. The number of hydrogen-bond acceptors (Lipinski definition) is 4. The molecule has 0 radical (unpaired) electrons. The molecule has 2 aromatic heterocycles. The number of aromatic amines is 1. The summed E-state index contributed by atoms with van der Waals surface area (Å²) in [5.41, 5.74) is 1.87. The molecule has 1 aromatic carbocycles. The zero-order chi connectivity index (χ0) is 17.2. The number of carbonyl (C=O) groups excluding carboxylic acids is 1. The second-order valence-corrected chi connectivity index (χ2v) is 6.48. The van der Waals surface area contributed by atoms with Crippen molar-refractivity contribution in [3.8, 4) is 11.3 Å². The number of H-pyrrole nitrogens is 1. The highest BCUT2D eigenvalue weighted by Gasteiger charge is 2.32. The number of carbonyl (C=O) groups is 1. The highest BCUT2D eigenvalue weighted by molar-refractivity contribution is 5.97. The third kappa shape index (κ3) is 2.93. The van der Waals surface area contributed by atoms with Crippen molar-refractivity contribution in [2.45, 2.75) is 19.4 Å². The van der Waals surface area contributed by atoms with Crippen LogP contribution in [-0.2, 0) is 0 Å². The lowest BCUT2D eigenvalue weighted by Crippen LogP contribution is -2.44. The number of likely N-dealkylation sites (tertiary alicyclic amines) is 1. The first kappa shape index (κ1) is 15.6. The molecule has 4 rings (SSSR count). The molecule has 3 aromatic rings. The predicted molar refractivity (Wildman–Crippen MR) is 92.8 cm³/mol. The minimum atomic E-state index is -0.0791. The molecule has 25 heavy (non-hydrogen) atoms. The Kier molecular flexibility index (Phi) is 4.05. The number of amides is 1. The van der Waals surface area contributed by atoms with E-state index < -0.39 is 0 Å². The van der Waals surface area contributed by atoms with Crippen molar-refractivity contribution in [2.24, 2.45) is 5.92 Å². The van der Waals surface area contributed by atoms with E-state index >= 15 is 0 Å². The van der Waals surface area contributed by atoms with Crippen LogP contribution in [0.4, 0.5) is 0 Å². The molecular formula is C18H20N6O. The summed E-state index contributed by atoms with van der Waals surface area (Å²) in [6, 6.07) is 9.88. The maximum absolute atomic E-state index is 13.1. The van der Waals surface area contributed by atoms with Gasteiger partial charge >= 0.3 is 0 Å². The summed E-state index contributed by atoms with van der Waals surface area (Å²) in [6.07, 6.45) is 6.51. The summed E-state index contributed by atoms with van der Waals surface area (Å²) in [7, 11) is 0. The largest absolute Gasteiger partial charge is 0.335 e. The van der Waals surface area contributed by atoms with Crippen LogP contribution in [0.2, 0.25) is 0 Å². The maximum Gasteiger partial charge on any atom is 0.276 e. The van der Waals surface area contributed by atoms with Crippen molar-refractivity contribution in [1.82, 2.24) is 29.9 Å². The van der Waals surface area contributed by atoms with Gasteiger partial charge in [-0.15, -0.1) is 0 Å². The Morgan fingerprint density at radius 1 is 1.24 bits per heavy atom. The third-order valence-corrected chi connectivity index (χ3v) is 4.91. The number of aromatic nitrogens is 5. The highest BCUT2D eigenvalue weighted by Crippen LogP contribution is 2.29. The smallest absolute Gasteiger partial charge is 0.276 e. The van der Waals surface area contributed by atoms with E-state index in [4.69, 9.17) is 0 Å². The van der Waals surface area contributed by atoms with Gasteiger partial charge in [-0.1, -0.05) is 37.3 Å². The van der Waals surface area contributed by atoms with Gasteiger partial charge in [-0.05, 0) is 12.3 Å². The van der Waals surface area contributed by atoms with Crippen LogP contribution in [0.1, 0.15) is 29.9 Å². The normalized spacial score (nSPS) is 20.6. The van der Waals surface area contributed by atoms with Crippen LogP contribution < -0.4 is 0 Å². The topological polar surface area (TPSA) is 79.7 Å². The minimum absolute atomic E-state index is 0.0791. The van der Waals surface area contributed by atoms with Crippen LogP contribution >= 0.6 is 0 Å². The lowest BCUT2D eigenvalue weighted by Gasteiger charge is -2.37. The number of nitrogens with one attached hydrogen (secondary N) is 1. The fraction of sp³-hybridized carbons (Fsp3) is 0.333. The highest BCUT2D eigenvalue weighted by atomic mass is 16.2. The predicted octanol–water partition coefficient (Wildman–Crippen LogP) is 2.39. The Morgan fingerprint density at radius 3 is 2.84 bits per heavy atom. The molecule has 1 fully saturated rings. The third-order valence-electron chi connectivity index (χ3n) is 4.91. The average Bonchev–Trinajstić information content (AvgIpc) is 3.34. The van der Waals surface area contributed by atoms with E-state index in [0.717, 1.165) is 18.5 Å². The molecule has 1 N–H and O–H groups in total. The zero-order valence-corrected chi connectivity index (χ0v) is 14.0. The van der Waals surface area contributed by atoms with Gasteiger partial charge in [-0.25, -0.2) is 4.98 Å². The van der Waals surface area contributed by atoms with Crippen molar-refractivity contribution in [2.75, 3.05) is 13.1 Å². The average molecular weight is 336 g/mol. The fourth-order valence-electron chi connectivity index (χ4n) is 3.41. The monoisotopic (exact) mass is 336 g/mol. The fourth-order valence-corrected chi connectivity index (χ4v) is 3.41. The van der Waals surface area contributed by atoms with Crippen molar-refractivity contribution in [3.63, 3.8) is 0 Å². The summed E-state index contributed by atoms with van der Waals surface area (Å²) >= 11 is 0. The van der Waals surface area contributed by atoms with Gasteiger partial charge in [-0.3, -0.25) is 4.79 Å². The SMILES string of the molecule is C[C@H]1CCN(C(=O)c2n[nH]nc2-c2ccccc2)C[C@H]1n1ccnc1. The van der Waals surface area contributed by atoms with Crippen LogP contribution in [0.5, 0.6) is 0 Å². The summed E-state index contributed by atoms with van der Waals surface area (Å²) < 4.78 is 2.09. The Bertz CT molecular complexity index is 842. The molecule has 1 amide bonds. The Hall–Kier alpha value is -2.96. The van der Waals surface area contributed by atoms with Gasteiger partial charge in [0.05, 0.1) is 12.4 Å². The molecule has 0 bridgehead atoms. The number of nitrogens with zero attached hydrogens (tertiary/aromatic N) is 5. The molecule has 0 aliphatic carbocycles. The van der Waals surface area contributed by atoms with E-state index in [9.17, 15) is 4.79 Å². The van der Waals surface area contributed by atoms with Crippen molar-refractivity contribution in [3.05, 3.63) is 54.7 Å². The quantitative estimate of drug-likeness (QED) is 0.796. The van der Waals surface area contributed by atoms with Gasteiger partial charge in [0, 0.05) is 31.0 Å². The van der Waals surface area contributed by atoms with Crippen LogP contribution in [0, 0.1) is 5.92 Å². The Morgan fingerprint density at radius 2 is 2.08 bits per heavy atom. The van der Waals surface area contributed by atoms with Crippen LogP contribution in [0.3, 0.4) is 0 Å². The molecule has 7 nitrogen and oxygen atoms in total. The summed E-state index contributed by atoms with van der Waals surface area (Å²) in [5, 5.41) is 10.9. The van der Waals surface area contributed by atoms with Crippen molar-refractivity contribution >= 4 is 5.91 Å². The van der Waals surface area contributed by atoms with Gasteiger partial charge < -0.3 is 9.47 Å². The van der Waals surface area contributed by atoms with Crippen LogP contribution in [0.15, 0.2) is 49.1 Å². The molecule has 0 spiro atoms. The van der Waals surface area contributed by atoms with E-state index in [1.54, 1.807) is 6.20 Å². The summed E-state index contributed by atoms with van der Waals surface area (Å²) in [6.45, 7) is 3.60. The van der Waals surface area contributed by atoms with Crippen LogP contribution in [-0.4, -0.2) is 48.9 Å². The molecule has 7 heteroatoms. The molecule has 0 saturated carbocycles. The number of imidazole rings is 1. The van der Waals surface area contributed by atoms with Gasteiger partial charge in [0.1, 0.15) is 5.69 Å². The summed E-state index contributed by atoms with van der Waals surface area (Å²) in [4.78, 5) is 19.1. The number of hydrogen-bond donors (Lipinski definition) is 1. The second kappa shape index (κ2) is 6.51. The minimum Gasteiger partial charge on any atom is -0.335 e. The van der Waals surface area contributed by atoms with Crippen LogP contribution in [0.25, 0.3) is 11.3 Å². The Labute approximate surface area is 145 Å². The number of piperidine rings is 1. The van der Waals surface area contributed by atoms with Gasteiger partial charge in [0.15, 0.2) is 5.69 Å². The van der Waals surface area contributed by atoms with Gasteiger partial charge in [-0.2, -0.15) is 15.4 Å². The van der Waals surface area contributed by atoms with E-state index in [2.05, 4.69) is 31.9 Å². The molecule has 1 saturated heterocycles. The first-order chi connectivity index (χ1) is 12.2.